The minimum Gasteiger partial charge on any atom is -0.462 e. The number of esters is 2. The van der Waals surface area contributed by atoms with Gasteiger partial charge in [0.15, 0.2) is 6.10 Å². The van der Waals surface area contributed by atoms with Gasteiger partial charge in [0.1, 0.15) is 6.61 Å². The predicted molar refractivity (Wildman–Crippen MR) is 217 cm³/mol. The molecule has 1 unspecified atom stereocenters. The highest BCUT2D eigenvalue weighted by Crippen LogP contribution is 2.36. The summed E-state index contributed by atoms with van der Waals surface area (Å²) in [5, 5.41) is 9.83. The summed E-state index contributed by atoms with van der Waals surface area (Å²) in [5.41, 5.74) is 0. The number of allylic oxidation sites excluding steroid dienone is 14. The molecule has 0 spiro atoms. The molecule has 0 aliphatic carbocycles. The van der Waals surface area contributed by atoms with E-state index in [-0.39, 0.29) is 19.4 Å². The quantitative estimate of drug-likeness (QED) is 0.0192. The molecule has 0 fully saturated rings. The first kappa shape index (κ1) is 49.9. The fourth-order valence-electron chi connectivity index (χ4n) is 4.79. The Labute approximate surface area is 320 Å². The molecule has 0 aromatic carbocycles. The summed E-state index contributed by atoms with van der Waals surface area (Å²) in [6, 6.07) is 0. The lowest BCUT2D eigenvalue weighted by Gasteiger charge is -2.18. The van der Waals surface area contributed by atoms with Crippen LogP contribution in [0, 0.1) is 0 Å². The highest BCUT2D eigenvalue weighted by molar-refractivity contribution is 7.46. The molecule has 0 bridgehead atoms. The van der Waals surface area contributed by atoms with Gasteiger partial charge in [-0.15, -0.1) is 0 Å². The number of hydrogen-bond donors (Lipinski definition) is 3. The molecular formula is C43H69O9P. The number of rotatable bonds is 34. The van der Waals surface area contributed by atoms with Gasteiger partial charge in [0.25, 0.3) is 0 Å². The smallest absolute Gasteiger partial charge is 0.462 e. The summed E-state index contributed by atoms with van der Waals surface area (Å²) >= 11 is 0. The van der Waals surface area contributed by atoms with Crippen molar-refractivity contribution in [3.63, 3.8) is 0 Å². The number of unbranched alkanes of at least 4 members (excludes halogenated alkanes) is 8. The van der Waals surface area contributed by atoms with Crippen molar-refractivity contribution >= 4 is 19.8 Å². The summed E-state index contributed by atoms with van der Waals surface area (Å²) in [4.78, 5) is 42.8. The van der Waals surface area contributed by atoms with Crippen LogP contribution in [0.15, 0.2) is 97.2 Å². The molecule has 0 saturated heterocycles. The Balaban J connectivity index is 4.12. The monoisotopic (exact) mass is 760 g/mol. The molecule has 0 radical (unpaired) electrons. The van der Waals surface area contributed by atoms with Gasteiger partial charge < -0.3 is 24.4 Å². The van der Waals surface area contributed by atoms with Gasteiger partial charge in [-0.05, 0) is 83.5 Å². The number of phosphoric acid groups is 1. The molecule has 0 aliphatic rings. The zero-order valence-corrected chi connectivity index (χ0v) is 33.4. The second kappa shape index (κ2) is 37.3. The maximum Gasteiger partial charge on any atom is 0.469 e. The fraction of sp³-hybridized carbons (Fsp3) is 0.581. The number of hydrogen-bond acceptors (Lipinski definition) is 7. The van der Waals surface area contributed by atoms with Crippen LogP contribution in [0.3, 0.4) is 0 Å². The number of carbonyl (C=O) groups excluding carboxylic acids is 2. The zero-order valence-electron chi connectivity index (χ0n) is 32.5. The molecule has 0 saturated carbocycles. The third-order valence-corrected chi connectivity index (χ3v) is 8.16. The van der Waals surface area contributed by atoms with E-state index in [9.17, 15) is 19.3 Å². The van der Waals surface area contributed by atoms with Crippen LogP contribution in [-0.2, 0) is 28.2 Å². The van der Waals surface area contributed by atoms with Crippen molar-refractivity contribution < 1.29 is 43.0 Å². The Hall–Kier alpha value is -3.07. The number of phosphoric ester groups is 1. The summed E-state index contributed by atoms with van der Waals surface area (Å²) in [6.07, 6.45) is 47.4. The summed E-state index contributed by atoms with van der Waals surface area (Å²) in [7, 11) is -4.79. The van der Waals surface area contributed by atoms with Crippen LogP contribution in [0.25, 0.3) is 0 Å². The summed E-state index contributed by atoms with van der Waals surface area (Å²) in [5.74, 6) is -0.988. The van der Waals surface area contributed by atoms with Crippen LogP contribution < -0.4 is 0 Å². The van der Waals surface area contributed by atoms with Crippen LogP contribution in [0.5, 0.6) is 0 Å². The van der Waals surface area contributed by atoms with Crippen molar-refractivity contribution in [1.29, 1.82) is 0 Å². The lowest BCUT2D eigenvalue weighted by atomic mass is 10.1. The molecule has 53 heavy (non-hydrogen) atoms. The average molecular weight is 761 g/mol. The average Bonchev–Trinajstić information content (AvgIpc) is 3.12. The highest BCUT2D eigenvalue weighted by atomic mass is 31.2. The van der Waals surface area contributed by atoms with Crippen molar-refractivity contribution in [3.05, 3.63) is 97.2 Å². The van der Waals surface area contributed by atoms with Gasteiger partial charge >= 0.3 is 19.8 Å². The predicted octanol–water partition coefficient (Wildman–Crippen LogP) is 10.8. The van der Waals surface area contributed by atoms with E-state index < -0.39 is 38.6 Å². The molecule has 9 nitrogen and oxygen atoms in total. The van der Waals surface area contributed by atoms with Gasteiger partial charge in [0, 0.05) is 12.8 Å². The van der Waals surface area contributed by atoms with Gasteiger partial charge in [-0.3, -0.25) is 14.1 Å². The van der Waals surface area contributed by atoms with Crippen LogP contribution in [-0.4, -0.2) is 52.3 Å². The van der Waals surface area contributed by atoms with Crippen LogP contribution in [0.4, 0.5) is 0 Å². The molecule has 3 N–H and O–H groups in total. The molecule has 0 aromatic heterocycles. The first-order chi connectivity index (χ1) is 25.7. The molecule has 0 aliphatic heterocycles. The third kappa shape index (κ3) is 40.0. The van der Waals surface area contributed by atoms with E-state index in [0.717, 1.165) is 89.9 Å². The minimum absolute atomic E-state index is 0.151. The van der Waals surface area contributed by atoms with Crippen molar-refractivity contribution in [2.75, 3.05) is 13.2 Å². The maximum absolute atomic E-state index is 12.4. The molecular weight excluding hydrogens is 691 g/mol. The van der Waals surface area contributed by atoms with Crippen LogP contribution in [0.1, 0.15) is 136 Å². The van der Waals surface area contributed by atoms with E-state index in [1.807, 2.05) is 24.3 Å². The third-order valence-electron chi connectivity index (χ3n) is 7.68. The Morgan fingerprint density at radius 1 is 0.585 bits per heavy atom. The SMILES string of the molecule is CC/C=C\C/C=C\C/C=C\C/C=C\C/C=C\CCCCCC(=O)O[C@H](COC(=O)CCCCCCC/C=C/C=C/C(O)C/C=C/CC)COP(=O)(O)O. The summed E-state index contributed by atoms with van der Waals surface area (Å²) < 4.78 is 26.3. The normalized spacial score (nSPS) is 14.1. The van der Waals surface area contributed by atoms with Gasteiger partial charge in [-0.25, -0.2) is 4.57 Å². The minimum atomic E-state index is -4.79. The Bertz CT molecular complexity index is 1190. The van der Waals surface area contributed by atoms with E-state index in [1.54, 1.807) is 6.08 Å². The van der Waals surface area contributed by atoms with Gasteiger partial charge in [-0.2, -0.15) is 0 Å². The van der Waals surface area contributed by atoms with Gasteiger partial charge in [0.2, 0.25) is 0 Å². The van der Waals surface area contributed by atoms with Crippen LogP contribution >= 0.6 is 7.82 Å². The second-order valence-electron chi connectivity index (χ2n) is 12.7. The molecule has 0 aromatic rings. The topological polar surface area (TPSA) is 140 Å². The lowest BCUT2D eigenvalue weighted by molar-refractivity contribution is -0.161. The Kier molecular flexibility index (Phi) is 35.1. The number of carbonyl (C=O) groups is 2. The Morgan fingerprint density at radius 2 is 1.08 bits per heavy atom. The lowest BCUT2D eigenvalue weighted by Crippen LogP contribution is -2.29. The molecule has 300 valence electrons. The largest absolute Gasteiger partial charge is 0.469 e. The zero-order chi connectivity index (χ0) is 39.1. The van der Waals surface area contributed by atoms with Crippen molar-refractivity contribution in [2.24, 2.45) is 0 Å². The highest BCUT2D eigenvalue weighted by Gasteiger charge is 2.22. The van der Waals surface area contributed by atoms with Crippen molar-refractivity contribution in [3.8, 4) is 0 Å². The van der Waals surface area contributed by atoms with E-state index in [4.69, 9.17) is 19.3 Å². The summed E-state index contributed by atoms with van der Waals surface area (Å²) in [6.45, 7) is 3.29. The van der Waals surface area contributed by atoms with Crippen LogP contribution in [0.2, 0.25) is 0 Å². The van der Waals surface area contributed by atoms with Crippen molar-refractivity contribution in [1.82, 2.24) is 0 Å². The van der Waals surface area contributed by atoms with E-state index >= 15 is 0 Å². The number of aliphatic hydroxyl groups is 1. The van der Waals surface area contributed by atoms with Crippen molar-refractivity contribution in [2.45, 2.75) is 148 Å². The maximum atomic E-state index is 12.4. The number of ether oxygens (including phenoxy) is 2. The Morgan fingerprint density at radius 3 is 1.68 bits per heavy atom. The molecule has 0 heterocycles. The fourth-order valence-corrected chi connectivity index (χ4v) is 5.15. The van der Waals surface area contributed by atoms with Gasteiger partial charge in [0.05, 0.1) is 12.7 Å². The second-order valence-corrected chi connectivity index (χ2v) is 13.9. The first-order valence-electron chi connectivity index (χ1n) is 19.6. The molecule has 2 atom stereocenters. The van der Waals surface area contributed by atoms with Gasteiger partial charge in [-0.1, -0.05) is 137 Å². The van der Waals surface area contributed by atoms with E-state index in [2.05, 4.69) is 85.2 Å². The van der Waals surface area contributed by atoms with E-state index in [1.165, 1.54) is 0 Å². The molecule has 0 amide bonds. The molecule has 0 rings (SSSR count). The standard InChI is InChI=1S/C43H69O9P/c1-3-5-7-8-9-10-11-12-13-14-15-16-17-18-19-22-26-29-33-37-43(46)52-41(39-51-53(47,48)49)38-50-42(45)36-32-28-25-23-20-21-24-27-31-35-40(44)34-30-6-4-2/h5-7,9-10,12-13,15-16,18-19,24,27,30-31,35,40-41,44H,3-4,8,11,14,17,20-23,25-26,28-29,32-34,36-39H2,1-2H3,(H2,47,48,49)/b7-5-,10-9-,13-12-,16-15-,19-18-,27-24+,30-6+,35-31+/t40?,41-/m1/s1. The first-order valence-corrected chi connectivity index (χ1v) is 21.2. The van der Waals surface area contributed by atoms with E-state index in [0.29, 0.717) is 19.3 Å². The number of aliphatic hydroxyl groups excluding tert-OH is 1. The molecule has 10 heteroatoms.